The fourth-order valence-corrected chi connectivity index (χ4v) is 2.83. The number of benzene rings is 2. The first-order valence-electron chi connectivity index (χ1n) is 9.01. The summed E-state index contributed by atoms with van der Waals surface area (Å²) in [5.74, 6) is 1.08. The Morgan fingerprint density at radius 2 is 2.00 bits per heavy atom. The van der Waals surface area contributed by atoms with Crippen LogP contribution in [0.25, 0.3) is 11.0 Å². The van der Waals surface area contributed by atoms with E-state index in [1.165, 1.54) is 12.1 Å². The lowest BCUT2D eigenvalue weighted by atomic mass is 10.1. The highest BCUT2D eigenvalue weighted by atomic mass is 19.1. The monoisotopic (exact) mass is 370 g/mol. The summed E-state index contributed by atoms with van der Waals surface area (Å²) in [7, 11) is 0. The quantitative estimate of drug-likeness (QED) is 0.640. The Hall–Kier alpha value is -3.02. The van der Waals surface area contributed by atoms with Crippen LogP contribution in [0, 0.1) is 5.82 Å². The molecule has 0 radical (unpaired) electrons. The minimum absolute atomic E-state index is 0.267. The van der Waals surface area contributed by atoms with E-state index in [9.17, 15) is 9.18 Å². The van der Waals surface area contributed by atoms with Crippen molar-refractivity contribution in [2.45, 2.75) is 26.3 Å². The van der Waals surface area contributed by atoms with E-state index in [0.717, 1.165) is 10.9 Å². The van der Waals surface area contributed by atoms with Crippen molar-refractivity contribution >= 4 is 17.0 Å². The summed E-state index contributed by atoms with van der Waals surface area (Å²) < 4.78 is 24.4. The summed E-state index contributed by atoms with van der Waals surface area (Å²) in [6.07, 6.45) is 0.629. The summed E-state index contributed by atoms with van der Waals surface area (Å²) in [4.78, 5) is 12.1. The summed E-state index contributed by atoms with van der Waals surface area (Å²) in [6.45, 7) is 4.79. The molecule has 1 unspecified atom stereocenters. The van der Waals surface area contributed by atoms with Crippen molar-refractivity contribution in [3.63, 3.8) is 0 Å². The largest absolute Gasteiger partial charge is 0.490 e. The van der Waals surface area contributed by atoms with Crippen LogP contribution in [0.3, 0.4) is 0 Å². The van der Waals surface area contributed by atoms with Gasteiger partial charge in [0.1, 0.15) is 11.6 Å². The van der Waals surface area contributed by atoms with Gasteiger partial charge in [-0.15, -0.1) is 0 Å². The van der Waals surface area contributed by atoms with Crippen LogP contribution >= 0.6 is 0 Å². The molecule has 2 amide bonds. The van der Waals surface area contributed by atoms with Gasteiger partial charge < -0.3 is 19.8 Å². The average molecular weight is 370 g/mol. The Morgan fingerprint density at radius 3 is 2.74 bits per heavy atom. The third-order valence-corrected chi connectivity index (χ3v) is 4.21. The van der Waals surface area contributed by atoms with Crippen LogP contribution in [0.5, 0.6) is 5.75 Å². The van der Waals surface area contributed by atoms with Crippen molar-refractivity contribution in [3.8, 4) is 5.75 Å². The molecule has 3 rings (SSSR count). The molecule has 0 aliphatic rings. The molecule has 5 nitrogen and oxygen atoms in total. The number of halogens is 1. The van der Waals surface area contributed by atoms with Gasteiger partial charge in [0.05, 0.1) is 12.6 Å². The number of ether oxygens (including phenoxy) is 1. The number of hydrogen-bond acceptors (Lipinski definition) is 3. The summed E-state index contributed by atoms with van der Waals surface area (Å²) >= 11 is 0. The van der Waals surface area contributed by atoms with Gasteiger partial charge in [-0.25, -0.2) is 9.18 Å². The standard InChI is InChI=1S/C21H23FN2O3/c1-3-26-18-6-4-5-16-13-19(27-20(16)18)14(2)24-21(25)23-12-11-15-7-9-17(22)10-8-15/h4-10,13-14H,3,11-12H2,1-2H3,(H2,23,24,25). The van der Waals surface area contributed by atoms with Crippen molar-refractivity contribution in [2.75, 3.05) is 13.2 Å². The normalized spacial score (nSPS) is 12.0. The first-order valence-corrected chi connectivity index (χ1v) is 9.01. The van der Waals surface area contributed by atoms with Gasteiger partial charge in [0.15, 0.2) is 11.3 Å². The Balaban J connectivity index is 1.55. The smallest absolute Gasteiger partial charge is 0.315 e. The van der Waals surface area contributed by atoms with E-state index < -0.39 is 0 Å². The number of carbonyl (C=O) groups is 1. The molecule has 1 heterocycles. The number of carbonyl (C=O) groups excluding carboxylic acids is 1. The molecule has 142 valence electrons. The van der Waals surface area contributed by atoms with E-state index in [4.69, 9.17) is 9.15 Å². The van der Waals surface area contributed by atoms with Crippen LogP contribution in [-0.4, -0.2) is 19.2 Å². The van der Waals surface area contributed by atoms with Gasteiger partial charge in [0.2, 0.25) is 0 Å². The molecule has 1 aromatic heterocycles. The summed E-state index contributed by atoms with van der Waals surface area (Å²) in [6, 6.07) is 13.3. The van der Waals surface area contributed by atoms with E-state index in [-0.39, 0.29) is 17.9 Å². The summed E-state index contributed by atoms with van der Waals surface area (Å²) in [5, 5.41) is 6.59. The highest BCUT2D eigenvalue weighted by Crippen LogP contribution is 2.31. The van der Waals surface area contributed by atoms with Crippen molar-refractivity contribution in [2.24, 2.45) is 0 Å². The number of furan rings is 1. The fraction of sp³-hybridized carbons (Fsp3) is 0.286. The van der Waals surface area contributed by atoms with Crippen LogP contribution in [0.4, 0.5) is 9.18 Å². The van der Waals surface area contributed by atoms with E-state index >= 15 is 0 Å². The fourth-order valence-electron chi connectivity index (χ4n) is 2.83. The highest BCUT2D eigenvalue weighted by molar-refractivity contribution is 5.84. The summed E-state index contributed by atoms with van der Waals surface area (Å²) in [5.41, 5.74) is 1.64. The van der Waals surface area contributed by atoms with Crippen LogP contribution in [0.1, 0.15) is 31.2 Å². The molecule has 0 aliphatic heterocycles. The van der Waals surface area contributed by atoms with E-state index in [1.807, 2.05) is 38.1 Å². The predicted molar refractivity (Wildman–Crippen MR) is 102 cm³/mol. The van der Waals surface area contributed by atoms with Gasteiger partial charge in [-0.1, -0.05) is 24.3 Å². The van der Waals surface area contributed by atoms with Gasteiger partial charge in [-0.3, -0.25) is 0 Å². The first-order chi connectivity index (χ1) is 13.1. The van der Waals surface area contributed by atoms with Crippen molar-refractivity contribution in [1.29, 1.82) is 0 Å². The molecular formula is C21H23FN2O3. The number of amides is 2. The Kier molecular flexibility index (Phi) is 5.96. The van der Waals surface area contributed by atoms with E-state index in [0.29, 0.717) is 36.7 Å². The van der Waals surface area contributed by atoms with E-state index in [2.05, 4.69) is 10.6 Å². The number of fused-ring (bicyclic) bond motifs is 1. The molecule has 0 spiro atoms. The predicted octanol–water partition coefficient (Wildman–Crippen LogP) is 4.57. The highest BCUT2D eigenvalue weighted by Gasteiger charge is 2.16. The zero-order valence-corrected chi connectivity index (χ0v) is 15.4. The third-order valence-electron chi connectivity index (χ3n) is 4.21. The molecule has 3 aromatic rings. The van der Waals surface area contributed by atoms with E-state index in [1.54, 1.807) is 12.1 Å². The average Bonchev–Trinajstić information content (AvgIpc) is 3.09. The maximum absolute atomic E-state index is 12.9. The van der Waals surface area contributed by atoms with Crippen LogP contribution in [0.2, 0.25) is 0 Å². The second-order valence-corrected chi connectivity index (χ2v) is 6.25. The van der Waals surface area contributed by atoms with Crippen LogP contribution in [0.15, 0.2) is 52.9 Å². The zero-order valence-electron chi connectivity index (χ0n) is 15.4. The van der Waals surface area contributed by atoms with Gasteiger partial charge in [-0.2, -0.15) is 0 Å². The number of nitrogens with one attached hydrogen (secondary N) is 2. The minimum atomic E-state index is -0.294. The molecule has 2 N–H and O–H groups in total. The Morgan fingerprint density at radius 1 is 1.22 bits per heavy atom. The molecular weight excluding hydrogens is 347 g/mol. The molecule has 0 fully saturated rings. The third kappa shape index (κ3) is 4.78. The van der Waals surface area contributed by atoms with Gasteiger partial charge >= 0.3 is 6.03 Å². The lowest BCUT2D eigenvalue weighted by Crippen LogP contribution is -2.37. The minimum Gasteiger partial charge on any atom is -0.490 e. The van der Waals surface area contributed by atoms with Gasteiger partial charge in [0, 0.05) is 11.9 Å². The molecule has 6 heteroatoms. The zero-order chi connectivity index (χ0) is 19.2. The van der Waals surface area contributed by atoms with Gasteiger partial charge in [-0.05, 0) is 50.1 Å². The number of hydrogen-bond donors (Lipinski definition) is 2. The number of para-hydroxylation sites is 1. The Bertz CT molecular complexity index is 905. The molecule has 0 saturated carbocycles. The van der Waals surface area contributed by atoms with Crippen molar-refractivity contribution < 1.29 is 18.3 Å². The molecule has 1 atom stereocenters. The SMILES string of the molecule is CCOc1cccc2cc(C(C)NC(=O)NCCc3ccc(F)cc3)oc12. The lowest BCUT2D eigenvalue weighted by Gasteiger charge is -2.12. The lowest BCUT2D eigenvalue weighted by molar-refractivity contribution is 0.236. The van der Waals surface area contributed by atoms with Crippen LogP contribution < -0.4 is 15.4 Å². The molecule has 27 heavy (non-hydrogen) atoms. The second-order valence-electron chi connectivity index (χ2n) is 6.25. The van der Waals surface area contributed by atoms with Crippen LogP contribution in [-0.2, 0) is 6.42 Å². The molecule has 0 aliphatic carbocycles. The second kappa shape index (κ2) is 8.58. The molecule has 2 aromatic carbocycles. The van der Waals surface area contributed by atoms with Gasteiger partial charge in [0.25, 0.3) is 0 Å². The topological polar surface area (TPSA) is 63.5 Å². The first kappa shape index (κ1) is 18.8. The Labute approximate surface area is 157 Å². The number of urea groups is 1. The van der Waals surface area contributed by atoms with Crippen molar-refractivity contribution in [1.82, 2.24) is 10.6 Å². The maximum atomic E-state index is 12.9. The molecule has 0 saturated heterocycles. The van der Waals surface area contributed by atoms with Crippen molar-refractivity contribution in [3.05, 3.63) is 65.7 Å². The molecule has 0 bridgehead atoms. The maximum Gasteiger partial charge on any atom is 0.315 e. The number of rotatable bonds is 7.